The molecule has 0 radical (unpaired) electrons. The number of rotatable bonds is 5. The topological polar surface area (TPSA) is 63.2 Å². The molecule has 138 valence electrons. The van der Waals surface area contributed by atoms with Crippen LogP contribution in [0.15, 0.2) is 53.4 Å². The van der Waals surface area contributed by atoms with E-state index in [2.05, 4.69) is 5.32 Å². The summed E-state index contributed by atoms with van der Waals surface area (Å²) in [6.07, 6.45) is 2.14. The molecule has 0 heterocycles. The van der Waals surface area contributed by atoms with E-state index in [0.29, 0.717) is 18.4 Å². The first-order valence-corrected chi connectivity index (χ1v) is 10.4. The van der Waals surface area contributed by atoms with Gasteiger partial charge in [-0.1, -0.05) is 37.3 Å². The average Bonchev–Trinajstić information content (AvgIpc) is 2.66. The second-order valence-corrected chi connectivity index (χ2v) is 8.58. The Morgan fingerprint density at radius 1 is 1.19 bits per heavy atom. The third kappa shape index (κ3) is 3.51. The van der Waals surface area contributed by atoms with Gasteiger partial charge >= 0.3 is 0 Å². The highest BCUT2D eigenvalue weighted by atomic mass is 32.2. The molecule has 4 nitrogen and oxygen atoms in total. The summed E-state index contributed by atoms with van der Waals surface area (Å²) < 4.78 is 41.1. The summed E-state index contributed by atoms with van der Waals surface area (Å²) in [6, 6.07) is 12.8. The van der Waals surface area contributed by atoms with Crippen molar-refractivity contribution in [1.82, 2.24) is 5.32 Å². The van der Waals surface area contributed by atoms with Crippen LogP contribution in [0.4, 0.5) is 4.39 Å². The Morgan fingerprint density at radius 3 is 2.62 bits per heavy atom. The van der Waals surface area contributed by atoms with Gasteiger partial charge in [0.15, 0.2) is 9.84 Å². The Morgan fingerprint density at radius 2 is 1.92 bits per heavy atom. The lowest BCUT2D eigenvalue weighted by molar-refractivity contribution is -0.121. The van der Waals surface area contributed by atoms with Crippen LogP contribution in [-0.4, -0.2) is 19.7 Å². The molecule has 2 atom stereocenters. The summed E-state index contributed by atoms with van der Waals surface area (Å²) in [5, 5.41) is 1.46. The van der Waals surface area contributed by atoms with Crippen molar-refractivity contribution in [2.45, 2.75) is 48.8 Å². The van der Waals surface area contributed by atoms with E-state index in [1.807, 2.05) is 6.07 Å². The molecule has 0 bridgehead atoms. The molecule has 0 saturated heterocycles. The maximum Gasteiger partial charge on any atom is 0.220 e. The molecule has 2 unspecified atom stereocenters. The van der Waals surface area contributed by atoms with E-state index in [0.717, 1.165) is 12.0 Å². The zero-order valence-corrected chi connectivity index (χ0v) is 15.4. The second kappa shape index (κ2) is 7.58. The standard InChI is InChI=1S/C20H22FNO3S/c1-2-18(23)22-20(26(24,25)15-10-4-3-5-11-15)16-12-6-8-14-9-7-13-17(21)19(14)16/h3-5,7,9-11,13,16,20H,2,6,8,12H2,1H3,(H,22,23). The van der Waals surface area contributed by atoms with Crippen molar-refractivity contribution in [2.24, 2.45) is 0 Å². The van der Waals surface area contributed by atoms with Gasteiger partial charge in [-0.15, -0.1) is 0 Å². The summed E-state index contributed by atoms with van der Waals surface area (Å²) in [4.78, 5) is 12.2. The predicted octanol–water partition coefficient (Wildman–Crippen LogP) is 3.57. The summed E-state index contributed by atoms with van der Waals surface area (Å²) >= 11 is 0. The van der Waals surface area contributed by atoms with Gasteiger partial charge in [-0.2, -0.15) is 0 Å². The molecular formula is C20H22FNO3S. The molecule has 26 heavy (non-hydrogen) atoms. The minimum Gasteiger partial charge on any atom is -0.339 e. The monoisotopic (exact) mass is 375 g/mol. The first-order chi connectivity index (χ1) is 12.4. The molecule has 1 aliphatic carbocycles. The van der Waals surface area contributed by atoms with E-state index in [9.17, 15) is 17.6 Å². The third-order valence-corrected chi connectivity index (χ3v) is 6.92. The zero-order valence-electron chi connectivity index (χ0n) is 14.6. The first-order valence-electron chi connectivity index (χ1n) is 8.80. The van der Waals surface area contributed by atoms with Crippen molar-refractivity contribution in [3.63, 3.8) is 0 Å². The van der Waals surface area contributed by atoms with E-state index in [-0.39, 0.29) is 17.2 Å². The molecule has 1 N–H and O–H groups in total. The van der Waals surface area contributed by atoms with Crippen LogP contribution in [0.1, 0.15) is 43.2 Å². The van der Waals surface area contributed by atoms with Crippen LogP contribution >= 0.6 is 0 Å². The van der Waals surface area contributed by atoms with Crippen molar-refractivity contribution in [3.05, 3.63) is 65.5 Å². The molecule has 2 aromatic carbocycles. The van der Waals surface area contributed by atoms with Gasteiger partial charge in [0.2, 0.25) is 5.91 Å². The molecule has 1 aliphatic rings. The third-order valence-electron chi connectivity index (χ3n) is 4.87. The van der Waals surface area contributed by atoms with Crippen LogP contribution in [0.2, 0.25) is 0 Å². The number of fused-ring (bicyclic) bond motifs is 1. The lowest BCUT2D eigenvalue weighted by Crippen LogP contribution is -2.45. The summed E-state index contributed by atoms with van der Waals surface area (Å²) in [5.41, 5.74) is 1.24. The lowest BCUT2D eigenvalue weighted by Gasteiger charge is -2.33. The number of halogens is 1. The van der Waals surface area contributed by atoms with Gasteiger partial charge in [-0.3, -0.25) is 4.79 Å². The van der Waals surface area contributed by atoms with Gasteiger partial charge in [-0.05, 0) is 48.6 Å². The van der Waals surface area contributed by atoms with E-state index in [4.69, 9.17) is 0 Å². The smallest absolute Gasteiger partial charge is 0.220 e. The van der Waals surface area contributed by atoms with Crippen LogP contribution in [0.3, 0.4) is 0 Å². The van der Waals surface area contributed by atoms with Crippen molar-refractivity contribution >= 4 is 15.7 Å². The number of sulfone groups is 1. The van der Waals surface area contributed by atoms with Gasteiger partial charge in [0.1, 0.15) is 11.2 Å². The molecule has 0 spiro atoms. The van der Waals surface area contributed by atoms with E-state index in [1.54, 1.807) is 31.2 Å². The SMILES string of the molecule is CCC(=O)NC(C1CCCc2cccc(F)c21)S(=O)(=O)c1ccccc1. The van der Waals surface area contributed by atoms with E-state index >= 15 is 0 Å². The van der Waals surface area contributed by atoms with E-state index < -0.39 is 26.9 Å². The van der Waals surface area contributed by atoms with Gasteiger partial charge in [0.05, 0.1) is 4.90 Å². The van der Waals surface area contributed by atoms with Gasteiger partial charge in [0.25, 0.3) is 0 Å². The number of aryl methyl sites for hydroxylation is 1. The molecular weight excluding hydrogens is 353 g/mol. The normalized spacial score (nSPS) is 18.0. The van der Waals surface area contributed by atoms with Gasteiger partial charge in [0, 0.05) is 12.3 Å². The maximum absolute atomic E-state index is 14.6. The molecule has 6 heteroatoms. The molecule has 2 aromatic rings. The van der Waals surface area contributed by atoms with E-state index in [1.165, 1.54) is 18.2 Å². The number of benzene rings is 2. The molecule has 0 fully saturated rings. The quantitative estimate of drug-likeness (QED) is 0.869. The van der Waals surface area contributed by atoms with Crippen molar-refractivity contribution in [2.75, 3.05) is 0 Å². The fourth-order valence-corrected chi connectivity index (χ4v) is 5.41. The van der Waals surface area contributed by atoms with Gasteiger partial charge < -0.3 is 5.32 Å². The summed E-state index contributed by atoms with van der Waals surface area (Å²) in [7, 11) is -3.86. The van der Waals surface area contributed by atoms with Crippen LogP contribution in [0.25, 0.3) is 0 Å². The zero-order chi connectivity index (χ0) is 18.7. The van der Waals surface area contributed by atoms with Crippen LogP contribution in [0, 0.1) is 5.82 Å². The van der Waals surface area contributed by atoms with Crippen molar-refractivity contribution < 1.29 is 17.6 Å². The number of carbonyl (C=O) groups excluding carboxylic acids is 1. The fraction of sp³-hybridized carbons (Fsp3) is 0.350. The lowest BCUT2D eigenvalue weighted by atomic mass is 9.82. The average molecular weight is 375 g/mol. The van der Waals surface area contributed by atoms with Crippen LogP contribution in [0.5, 0.6) is 0 Å². The Bertz CT molecular complexity index is 897. The van der Waals surface area contributed by atoms with Crippen molar-refractivity contribution in [1.29, 1.82) is 0 Å². The second-order valence-electron chi connectivity index (χ2n) is 6.51. The highest BCUT2D eigenvalue weighted by molar-refractivity contribution is 7.92. The number of amides is 1. The Kier molecular flexibility index (Phi) is 5.41. The minimum absolute atomic E-state index is 0.130. The highest BCUT2D eigenvalue weighted by Gasteiger charge is 2.39. The largest absolute Gasteiger partial charge is 0.339 e. The summed E-state index contributed by atoms with van der Waals surface area (Å²) in [6.45, 7) is 1.66. The maximum atomic E-state index is 14.6. The minimum atomic E-state index is -3.86. The summed E-state index contributed by atoms with van der Waals surface area (Å²) in [5.74, 6) is -1.38. The number of carbonyl (C=O) groups is 1. The molecule has 0 aromatic heterocycles. The molecule has 0 aliphatic heterocycles. The van der Waals surface area contributed by atoms with Crippen LogP contribution < -0.4 is 5.32 Å². The molecule has 1 amide bonds. The number of nitrogens with one attached hydrogen (secondary N) is 1. The highest BCUT2D eigenvalue weighted by Crippen LogP contribution is 2.38. The Hall–Kier alpha value is -2.21. The van der Waals surface area contributed by atoms with Crippen LogP contribution in [-0.2, 0) is 21.1 Å². The first kappa shape index (κ1) is 18.6. The predicted molar refractivity (Wildman–Crippen MR) is 97.9 cm³/mol. The molecule has 3 rings (SSSR count). The number of hydrogen-bond acceptors (Lipinski definition) is 3. The van der Waals surface area contributed by atoms with Gasteiger partial charge in [-0.25, -0.2) is 12.8 Å². The number of hydrogen-bond donors (Lipinski definition) is 1. The fourth-order valence-electron chi connectivity index (χ4n) is 3.59. The Labute approximate surface area is 153 Å². The Balaban J connectivity index is 2.11. The molecule has 0 saturated carbocycles. The van der Waals surface area contributed by atoms with Crippen molar-refractivity contribution in [3.8, 4) is 0 Å².